The summed E-state index contributed by atoms with van der Waals surface area (Å²) in [6, 6.07) is 9.61. The molecule has 1 aliphatic heterocycles. The molecule has 0 amide bonds. The van der Waals surface area contributed by atoms with E-state index in [4.69, 9.17) is 0 Å². The standard InChI is InChI=1S/C17H17N5O2/c23-17(24)16-20-13-3-1-2-4-14(13)22(16)12-6-9-21(10-7-12)15-5-8-18-11-19-15/h1-5,8,11-12H,6-7,9-10H2,(H,23,24). The molecule has 1 saturated heterocycles. The molecule has 0 radical (unpaired) electrons. The number of hydrogen-bond acceptors (Lipinski definition) is 5. The lowest BCUT2D eigenvalue weighted by atomic mass is 10.0. The number of imidazole rings is 1. The third-order valence-electron chi connectivity index (χ3n) is 4.51. The average Bonchev–Trinajstić information content (AvgIpc) is 3.02. The lowest BCUT2D eigenvalue weighted by Crippen LogP contribution is -2.35. The van der Waals surface area contributed by atoms with E-state index >= 15 is 0 Å². The van der Waals surface area contributed by atoms with E-state index in [0.717, 1.165) is 42.8 Å². The van der Waals surface area contributed by atoms with Crippen molar-refractivity contribution in [2.75, 3.05) is 18.0 Å². The van der Waals surface area contributed by atoms with Gasteiger partial charge in [0.1, 0.15) is 12.1 Å². The van der Waals surface area contributed by atoms with E-state index in [2.05, 4.69) is 19.9 Å². The maximum atomic E-state index is 11.6. The zero-order valence-corrected chi connectivity index (χ0v) is 13.0. The number of carboxylic acid groups (broad SMARTS) is 1. The average molecular weight is 323 g/mol. The molecule has 0 unspecified atom stereocenters. The number of fused-ring (bicyclic) bond motifs is 1. The van der Waals surface area contributed by atoms with Gasteiger partial charge in [0.2, 0.25) is 5.82 Å². The Balaban J connectivity index is 1.63. The molecule has 0 atom stereocenters. The number of para-hydroxylation sites is 2. The minimum Gasteiger partial charge on any atom is -0.475 e. The van der Waals surface area contributed by atoms with Gasteiger partial charge in [-0.25, -0.2) is 19.7 Å². The number of benzene rings is 1. The molecule has 2 aromatic heterocycles. The minimum absolute atomic E-state index is 0.122. The molecule has 0 bridgehead atoms. The number of anilines is 1. The van der Waals surface area contributed by atoms with Crippen LogP contribution in [-0.2, 0) is 0 Å². The van der Waals surface area contributed by atoms with Crippen molar-refractivity contribution in [2.24, 2.45) is 0 Å². The van der Waals surface area contributed by atoms with Gasteiger partial charge in [0.05, 0.1) is 11.0 Å². The normalized spacial score (nSPS) is 15.8. The Labute approximate surface area is 138 Å². The lowest BCUT2D eigenvalue weighted by Gasteiger charge is -2.33. The van der Waals surface area contributed by atoms with Crippen molar-refractivity contribution in [3.63, 3.8) is 0 Å². The SMILES string of the molecule is O=C(O)c1nc2ccccc2n1C1CCN(c2ccncn2)CC1. The third kappa shape index (κ3) is 2.47. The number of aromatic carboxylic acids is 1. The van der Waals surface area contributed by atoms with E-state index in [9.17, 15) is 9.90 Å². The summed E-state index contributed by atoms with van der Waals surface area (Å²) < 4.78 is 1.88. The van der Waals surface area contributed by atoms with Crippen LogP contribution in [0, 0.1) is 0 Å². The maximum Gasteiger partial charge on any atom is 0.372 e. The van der Waals surface area contributed by atoms with Gasteiger partial charge in [-0.3, -0.25) is 0 Å². The van der Waals surface area contributed by atoms with Gasteiger partial charge < -0.3 is 14.6 Å². The molecule has 1 aliphatic rings. The van der Waals surface area contributed by atoms with Crippen molar-refractivity contribution in [1.82, 2.24) is 19.5 Å². The van der Waals surface area contributed by atoms with Crippen LogP contribution >= 0.6 is 0 Å². The van der Waals surface area contributed by atoms with Crippen LogP contribution in [0.15, 0.2) is 42.9 Å². The molecule has 7 heteroatoms. The summed E-state index contributed by atoms with van der Waals surface area (Å²) in [5, 5.41) is 9.52. The van der Waals surface area contributed by atoms with E-state index in [1.54, 1.807) is 12.5 Å². The fourth-order valence-corrected chi connectivity index (χ4v) is 3.39. The van der Waals surface area contributed by atoms with Gasteiger partial charge >= 0.3 is 5.97 Å². The molecule has 122 valence electrons. The summed E-state index contributed by atoms with van der Waals surface area (Å²) in [5.74, 6) is 0.0542. The van der Waals surface area contributed by atoms with Crippen molar-refractivity contribution < 1.29 is 9.90 Å². The zero-order chi connectivity index (χ0) is 16.5. The molecule has 7 nitrogen and oxygen atoms in total. The van der Waals surface area contributed by atoms with Gasteiger partial charge in [-0.2, -0.15) is 0 Å². The van der Waals surface area contributed by atoms with Crippen LogP contribution in [0.25, 0.3) is 11.0 Å². The fourth-order valence-electron chi connectivity index (χ4n) is 3.39. The van der Waals surface area contributed by atoms with Gasteiger partial charge in [-0.1, -0.05) is 12.1 Å². The highest BCUT2D eigenvalue weighted by atomic mass is 16.4. The number of carboxylic acids is 1. The Morgan fingerprint density at radius 3 is 2.67 bits per heavy atom. The van der Waals surface area contributed by atoms with E-state index in [0.29, 0.717) is 0 Å². The van der Waals surface area contributed by atoms with E-state index < -0.39 is 5.97 Å². The van der Waals surface area contributed by atoms with Crippen LogP contribution in [0.1, 0.15) is 29.5 Å². The second-order valence-corrected chi connectivity index (χ2v) is 5.89. The number of aromatic nitrogens is 4. The number of piperidine rings is 1. The summed E-state index contributed by atoms with van der Waals surface area (Å²) in [6.07, 6.45) is 4.99. The first kappa shape index (κ1) is 14.6. The molecule has 1 N–H and O–H groups in total. The summed E-state index contributed by atoms with van der Waals surface area (Å²) in [7, 11) is 0. The highest BCUT2D eigenvalue weighted by Crippen LogP contribution is 2.30. The molecule has 3 heterocycles. The van der Waals surface area contributed by atoms with Gasteiger partial charge in [0, 0.05) is 25.3 Å². The largest absolute Gasteiger partial charge is 0.475 e. The van der Waals surface area contributed by atoms with Crippen molar-refractivity contribution in [3.8, 4) is 0 Å². The summed E-state index contributed by atoms with van der Waals surface area (Å²) in [6.45, 7) is 1.65. The Kier molecular flexibility index (Phi) is 3.60. The predicted octanol–water partition coefficient (Wildman–Crippen LogP) is 2.37. The van der Waals surface area contributed by atoms with E-state index in [1.165, 1.54) is 0 Å². The minimum atomic E-state index is -0.982. The zero-order valence-electron chi connectivity index (χ0n) is 13.0. The first-order valence-corrected chi connectivity index (χ1v) is 7.95. The van der Waals surface area contributed by atoms with Crippen LogP contribution in [0.2, 0.25) is 0 Å². The fraction of sp³-hybridized carbons (Fsp3) is 0.294. The molecule has 0 aliphatic carbocycles. The maximum absolute atomic E-state index is 11.6. The van der Waals surface area contributed by atoms with Gasteiger partial charge in [0.25, 0.3) is 0 Å². The number of rotatable bonds is 3. The van der Waals surface area contributed by atoms with Crippen LogP contribution in [0.4, 0.5) is 5.82 Å². The van der Waals surface area contributed by atoms with Crippen LogP contribution in [-0.4, -0.2) is 43.7 Å². The van der Waals surface area contributed by atoms with Gasteiger partial charge in [-0.15, -0.1) is 0 Å². The van der Waals surface area contributed by atoms with Crippen molar-refractivity contribution >= 4 is 22.8 Å². The van der Waals surface area contributed by atoms with E-state index in [-0.39, 0.29) is 11.9 Å². The molecule has 1 aromatic carbocycles. The number of carbonyl (C=O) groups is 1. The highest BCUT2D eigenvalue weighted by Gasteiger charge is 2.27. The van der Waals surface area contributed by atoms with Gasteiger partial charge in [0.15, 0.2) is 0 Å². The second-order valence-electron chi connectivity index (χ2n) is 5.89. The quantitative estimate of drug-likeness (QED) is 0.796. The second kappa shape index (κ2) is 5.92. The summed E-state index contributed by atoms with van der Waals surface area (Å²) in [5.41, 5.74) is 1.61. The number of hydrogen-bond donors (Lipinski definition) is 1. The third-order valence-corrected chi connectivity index (χ3v) is 4.51. The Bertz CT molecular complexity index is 869. The smallest absolute Gasteiger partial charge is 0.372 e. The Morgan fingerprint density at radius 2 is 1.96 bits per heavy atom. The molecule has 4 rings (SSSR count). The molecule has 3 aromatic rings. The van der Waals surface area contributed by atoms with Crippen LogP contribution in [0.3, 0.4) is 0 Å². The summed E-state index contributed by atoms with van der Waals surface area (Å²) in [4.78, 5) is 26.3. The molecule has 0 spiro atoms. The topological polar surface area (TPSA) is 84.1 Å². The van der Waals surface area contributed by atoms with Crippen molar-refractivity contribution in [3.05, 3.63) is 48.7 Å². The summed E-state index contributed by atoms with van der Waals surface area (Å²) >= 11 is 0. The predicted molar refractivity (Wildman–Crippen MR) is 89.2 cm³/mol. The van der Waals surface area contributed by atoms with Crippen LogP contribution in [0.5, 0.6) is 0 Å². The molecule has 24 heavy (non-hydrogen) atoms. The molecule has 0 saturated carbocycles. The Morgan fingerprint density at radius 1 is 1.17 bits per heavy atom. The first-order valence-electron chi connectivity index (χ1n) is 7.95. The highest BCUT2D eigenvalue weighted by molar-refractivity contribution is 5.90. The van der Waals surface area contributed by atoms with E-state index in [1.807, 2.05) is 34.9 Å². The monoisotopic (exact) mass is 323 g/mol. The van der Waals surface area contributed by atoms with Crippen molar-refractivity contribution in [2.45, 2.75) is 18.9 Å². The van der Waals surface area contributed by atoms with Crippen LogP contribution < -0.4 is 4.90 Å². The Hall–Kier alpha value is -2.96. The lowest BCUT2D eigenvalue weighted by molar-refractivity contribution is 0.0675. The molecular formula is C17H17N5O2. The first-order chi connectivity index (χ1) is 11.7. The van der Waals surface area contributed by atoms with Crippen molar-refractivity contribution in [1.29, 1.82) is 0 Å². The van der Waals surface area contributed by atoms with Gasteiger partial charge in [-0.05, 0) is 31.0 Å². The molecule has 1 fully saturated rings. The number of nitrogens with zero attached hydrogens (tertiary/aromatic N) is 5. The molecular weight excluding hydrogens is 306 g/mol.